The zero-order chi connectivity index (χ0) is 19.8. The highest BCUT2D eigenvalue weighted by Gasteiger charge is 2.13. The van der Waals surface area contributed by atoms with Gasteiger partial charge >= 0.3 is 0 Å². The van der Waals surface area contributed by atoms with Crippen LogP contribution in [0.1, 0.15) is 23.1 Å². The molecule has 0 amide bonds. The summed E-state index contributed by atoms with van der Waals surface area (Å²) in [5.41, 5.74) is 3.39. The molecule has 0 saturated carbocycles. The molecule has 1 heterocycles. The van der Waals surface area contributed by atoms with Gasteiger partial charge in [0, 0.05) is 16.0 Å². The fraction of sp³-hybridized carbons (Fsp3) is 0.304. The van der Waals surface area contributed by atoms with Gasteiger partial charge in [-0.2, -0.15) is 0 Å². The molecule has 1 saturated heterocycles. The molecule has 0 spiro atoms. The first kappa shape index (κ1) is 21.1. The van der Waals surface area contributed by atoms with E-state index in [4.69, 9.17) is 16.3 Å². The summed E-state index contributed by atoms with van der Waals surface area (Å²) < 4.78 is 6.77. The number of ether oxygens (including phenoxy) is 1. The van der Waals surface area contributed by atoms with Crippen LogP contribution in [0.3, 0.4) is 0 Å². The molecule has 1 atom stereocenters. The van der Waals surface area contributed by atoms with E-state index in [0.717, 1.165) is 58.5 Å². The highest BCUT2D eigenvalue weighted by Crippen LogP contribution is 2.25. The molecule has 0 bridgehead atoms. The van der Waals surface area contributed by atoms with Crippen LogP contribution in [0.5, 0.6) is 5.75 Å². The maximum absolute atomic E-state index is 6.03. The molecule has 3 rings (SSSR count). The first-order valence-electron chi connectivity index (χ1n) is 9.56. The third-order valence-corrected chi connectivity index (χ3v) is 5.62. The summed E-state index contributed by atoms with van der Waals surface area (Å²) in [5.74, 6) is 1.58. The molecule has 3 nitrogen and oxygen atoms in total. The van der Waals surface area contributed by atoms with Gasteiger partial charge in [0.15, 0.2) is 0 Å². The Morgan fingerprint density at radius 3 is 2.89 bits per heavy atom. The lowest BCUT2D eigenvalue weighted by Crippen LogP contribution is -2.24. The molecule has 2 aromatic rings. The highest BCUT2D eigenvalue weighted by molar-refractivity contribution is 9.10. The quantitative estimate of drug-likeness (QED) is 0.380. The SMILES string of the molecule is C=CCOc1cc(/C=C/c2ccc(Cl)cc2Br)cc(CNCC2CCNC2)c1. The van der Waals surface area contributed by atoms with Gasteiger partial charge < -0.3 is 15.4 Å². The van der Waals surface area contributed by atoms with Crippen LogP contribution in [0.2, 0.25) is 5.02 Å². The average Bonchev–Trinajstić information content (AvgIpc) is 3.19. The van der Waals surface area contributed by atoms with Crippen molar-refractivity contribution >= 4 is 39.7 Å². The smallest absolute Gasteiger partial charge is 0.120 e. The fourth-order valence-electron chi connectivity index (χ4n) is 3.25. The van der Waals surface area contributed by atoms with Crippen molar-refractivity contribution in [2.45, 2.75) is 13.0 Å². The largest absolute Gasteiger partial charge is 0.490 e. The number of halogens is 2. The molecule has 1 unspecified atom stereocenters. The van der Waals surface area contributed by atoms with Crippen LogP contribution in [0.25, 0.3) is 12.2 Å². The van der Waals surface area contributed by atoms with Gasteiger partial charge in [-0.05, 0) is 72.9 Å². The standard InChI is InChI=1S/C23H26BrClN2O/c1-2-9-28-22-11-17(3-4-20-5-6-21(25)13-23(20)24)10-19(12-22)16-27-15-18-7-8-26-14-18/h2-6,10-13,18,26-27H,1,7-9,14-16H2/b4-3+. The predicted molar refractivity (Wildman–Crippen MR) is 123 cm³/mol. The molecule has 0 aliphatic carbocycles. The van der Waals surface area contributed by atoms with Crippen LogP contribution in [-0.2, 0) is 6.54 Å². The Morgan fingerprint density at radius 1 is 1.25 bits per heavy atom. The van der Waals surface area contributed by atoms with Crippen molar-refractivity contribution in [1.29, 1.82) is 0 Å². The topological polar surface area (TPSA) is 33.3 Å². The molecule has 0 aromatic heterocycles. The Kier molecular flexibility index (Phi) is 8.16. The van der Waals surface area contributed by atoms with E-state index in [-0.39, 0.29) is 0 Å². The summed E-state index contributed by atoms with van der Waals surface area (Å²) in [4.78, 5) is 0. The van der Waals surface area contributed by atoms with Crippen molar-refractivity contribution in [2.75, 3.05) is 26.2 Å². The van der Waals surface area contributed by atoms with Gasteiger partial charge in [0.05, 0.1) is 0 Å². The van der Waals surface area contributed by atoms with Crippen LogP contribution in [0.4, 0.5) is 0 Å². The second kappa shape index (κ2) is 10.8. The number of rotatable bonds is 9. The van der Waals surface area contributed by atoms with Crippen molar-refractivity contribution < 1.29 is 4.74 Å². The summed E-state index contributed by atoms with van der Waals surface area (Å²) >= 11 is 9.59. The monoisotopic (exact) mass is 460 g/mol. The lowest BCUT2D eigenvalue weighted by Gasteiger charge is -2.12. The van der Waals surface area contributed by atoms with Gasteiger partial charge in [-0.3, -0.25) is 0 Å². The van der Waals surface area contributed by atoms with Gasteiger partial charge in [-0.25, -0.2) is 0 Å². The van der Waals surface area contributed by atoms with E-state index in [2.05, 4.69) is 57.4 Å². The first-order chi connectivity index (χ1) is 13.6. The summed E-state index contributed by atoms with van der Waals surface area (Å²) in [7, 11) is 0. The average molecular weight is 462 g/mol. The van der Waals surface area contributed by atoms with E-state index in [9.17, 15) is 0 Å². The Labute approximate surface area is 181 Å². The minimum atomic E-state index is 0.497. The van der Waals surface area contributed by atoms with E-state index >= 15 is 0 Å². The van der Waals surface area contributed by atoms with Crippen LogP contribution >= 0.6 is 27.5 Å². The normalized spacial score (nSPS) is 16.6. The Bertz CT molecular complexity index is 831. The fourth-order valence-corrected chi connectivity index (χ4v) is 4.07. The molecule has 148 valence electrons. The van der Waals surface area contributed by atoms with Gasteiger partial charge in [0.1, 0.15) is 12.4 Å². The molecule has 5 heteroatoms. The van der Waals surface area contributed by atoms with Gasteiger partial charge in [0.25, 0.3) is 0 Å². The van der Waals surface area contributed by atoms with Gasteiger partial charge in [0.2, 0.25) is 0 Å². The lowest BCUT2D eigenvalue weighted by atomic mass is 10.1. The molecule has 1 aliphatic rings. The number of hydrogen-bond acceptors (Lipinski definition) is 3. The van der Waals surface area contributed by atoms with Crippen LogP contribution in [0.15, 0.2) is 53.5 Å². The van der Waals surface area contributed by atoms with Crippen molar-refractivity contribution in [2.24, 2.45) is 5.92 Å². The van der Waals surface area contributed by atoms with E-state index in [1.54, 1.807) is 6.08 Å². The maximum Gasteiger partial charge on any atom is 0.120 e. The zero-order valence-electron chi connectivity index (χ0n) is 15.9. The predicted octanol–water partition coefficient (Wildman–Crippen LogP) is 5.54. The third-order valence-electron chi connectivity index (χ3n) is 4.70. The Balaban J connectivity index is 1.72. The molecule has 1 aliphatic heterocycles. The molecular weight excluding hydrogens is 436 g/mol. The molecule has 1 fully saturated rings. The number of nitrogens with one attached hydrogen (secondary N) is 2. The minimum absolute atomic E-state index is 0.497. The van der Waals surface area contributed by atoms with Crippen molar-refractivity contribution in [3.8, 4) is 5.75 Å². The molecule has 2 N–H and O–H groups in total. The number of benzene rings is 2. The Hall–Kier alpha value is -1.59. The summed E-state index contributed by atoms with van der Waals surface area (Å²) in [5, 5.41) is 7.71. The van der Waals surface area contributed by atoms with Crippen LogP contribution in [-0.4, -0.2) is 26.2 Å². The summed E-state index contributed by atoms with van der Waals surface area (Å²) in [6.07, 6.45) is 7.19. The van der Waals surface area contributed by atoms with Gasteiger partial charge in [-0.1, -0.05) is 64.5 Å². The minimum Gasteiger partial charge on any atom is -0.490 e. The summed E-state index contributed by atoms with van der Waals surface area (Å²) in [6, 6.07) is 12.1. The van der Waals surface area contributed by atoms with E-state index < -0.39 is 0 Å². The van der Waals surface area contributed by atoms with Crippen molar-refractivity contribution in [1.82, 2.24) is 10.6 Å². The lowest BCUT2D eigenvalue weighted by molar-refractivity contribution is 0.362. The summed E-state index contributed by atoms with van der Waals surface area (Å²) in [6.45, 7) is 8.33. The van der Waals surface area contributed by atoms with Crippen molar-refractivity contribution in [3.63, 3.8) is 0 Å². The number of hydrogen-bond donors (Lipinski definition) is 2. The third kappa shape index (κ3) is 6.49. The van der Waals surface area contributed by atoms with Crippen LogP contribution in [0, 0.1) is 5.92 Å². The van der Waals surface area contributed by atoms with E-state index in [1.165, 1.54) is 12.0 Å². The van der Waals surface area contributed by atoms with Gasteiger partial charge in [-0.15, -0.1) is 0 Å². The molecule has 2 aromatic carbocycles. The second-order valence-corrected chi connectivity index (χ2v) is 8.29. The van der Waals surface area contributed by atoms with Crippen LogP contribution < -0.4 is 15.4 Å². The molecule has 28 heavy (non-hydrogen) atoms. The maximum atomic E-state index is 6.03. The zero-order valence-corrected chi connectivity index (χ0v) is 18.2. The van der Waals surface area contributed by atoms with E-state index in [0.29, 0.717) is 6.61 Å². The van der Waals surface area contributed by atoms with E-state index in [1.807, 2.05) is 24.3 Å². The van der Waals surface area contributed by atoms with Crippen molar-refractivity contribution in [3.05, 3.63) is 75.2 Å². The molecular formula is C23H26BrClN2O. The molecule has 0 radical (unpaired) electrons. The Morgan fingerprint density at radius 2 is 2.14 bits per heavy atom. The first-order valence-corrected chi connectivity index (χ1v) is 10.7. The second-order valence-electron chi connectivity index (χ2n) is 7.00. The highest BCUT2D eigenvalue weighted by atomic mass is 79.9.